The van der Waals surface area contributed by atoms with E-state index in [-0.39, 0.29) is 16.7 Å². The molecular weight excluding hydrogens is 292 g/mol. The first-order valence-electron chi connectivity index (χ1n) is 7.10. The number of fused-ring (bicyclic) bond motifs is 2. The third-order valence-electron chi connectivity index (χ3n) is 4.27. The predicted octanol–water partition coefficient (Wildman–Crippen LogP) is 2.08. The molecule has 0 unspecified atom stereocenters. The van der Waals surface area contributed by atoms with Gasteiger partial charge in [-0.1, -0.05) is 30.3 Å². The van der Waals surface area contributed by atoms with Crippen molar-refractivity contribution in [1.82, 2.24) is 4.98 Å². The summed E-state index contributed by atoms with van der Waals surface area (Å²) in [4.78, 5) is 29.7. The smallest absolute Gasteiger partial charge is 0.218 e. The molecule has 0 atom stereocenters. The lowest BCUT2D eigenvalue weighted by atomic mass is 9.87. The van der Waals surface area contributed by atoms with E-state index in [1.54, 1.807) is 42.5 Å². The van der Waals surface area contributed by atoms with Crippen molar-refractivity contribution in [2.45, 2.75) is 5.60 Å². The number of rotatable bonds is 1. The summed E-state index contributed by atoms with van der Waals surface area (Å²) < 4.78 is 0. The first kappa shape index (κ1) is 13.6. The summed E-state index contributed by atoms with van der Waals surface area (Å²) in [7, 11) is 0. The Bertz CT molecular complexity index is 959. The normalized spacial score (nSPS) is 15.9. The monoisotopic (exact) mass is 304 g/mol. The van der Waals surface area contributed by atoms with Gasteiger partial charge >= 0.3 is 0 Å². The van der Waals surface area contributed by atoms with Crippen LogP contribution in [-0.4, -0.2) is 21.7 Å². The van der Waals surface area contributed by atoms with Crippen LogP contribution < -0.4 is 5.73 Å². The molecule has 0 saturated carbocycles. The number of benzene rings is 2. The van der Waals surface area contributed by atoms with E-state index in [2.05, 4.69) is 4.98 Å². The molecule has 1 aliphatic carbocycles. The van der Waals surface area contributed by atoms with Crippen LogP contribution in [0.5, 0.6) is 0 Å². The lowest BCUT2D eigenvalue weighted by Crippen LogP contribution is -2.38. The fraction of sp³-hybridized carbons (Fsp3) is 0.0556. The molecule has 3 N–H and O–H groups in total. The summed E-state index contributed by atoms with van der Waals surface area (Å²) >= 11 is 0. The lowest BCUT2D eigenvalue weighted by molar-refractivity contribution is 0.0326. The molecule has 5 heteroatoms. The summed E-state index contributed by atoms with van der Waals surface area (Å²) in [6.07, 6.45) is 1.53. The molecule has 0 aliphatic heterocycles. The molecular formula is C18H12N2O3. The molecule has 23 heavy (non-hydrogen) atoms. The minimum Gasteiger partial charge on any atom is -0.398 e. The summed E-state index contributed by atoms with van der Waals surface area (Å²) in [5.74, 6) is -1.26. The SMILES string of the molecule is Nc1ccc(C2(O)C(=O)c3ccccc3C2=O)c2ncccc12. The average Bonchev–Trinajstić information content (AvgIpc) is 2.78. The number of nitrogen functional groups attached to an aromatic ring is 1. The summed E-state index contributed by atoms with van der Waals surface area (Å²) in [6.45, 7) is 0. The molecule has 1 aromatic heterocycles. The summed E-state index contributed by atoms with van der Waals surface area (Å²) in [5.41, 5.74) is 5.10. The molecule has 2 aromatic carbocycles. The topological polar surface area (TPSA) is 93.3 Å². The highest BCUT2D eigenvalue weighted by atomic mass is 16.3. The molecule has 5 nitrogen and oxygen atoms in total. The largest absolute Gasteiger partial charge is 0.398 e. The van der Waals surface area contributed by atoms with Gasteiger partial charge in [0, 0.05) is 34.0 Å². The van der Waals surface area contributed by atoms with Crippen LogP contribution >= 0.6 is 0 Å². The van der Waals surface area contributed by atoms with Crippen molar-refractivity contribution in [1.29, 1.82) is 0 Å². The summed E-state index contributed by atoms with van der Waals surface area (Å²) in [5, 5.41) is 11.6. The fourth-order valence-corrected chi connectivity index (χ4v) is 3.10. The Morgan fingerprint density at radius 3 is 2.22 bits per heavy atom. The molecule has 0 saturated heterocycles. The first-order valence-corrected chi connectivity index (χ1v) is 7.10. The van der Waals surface area contributed by atoms with Crippen LogP contribution in [0.4, 0.5) is 5.69 Å². The third kappa shape index (κ3) is 1.62. The Labute approximate surface area is 131 Å². The van der Waals surface area contributed by atoms with Gasteiger partial charge in [-0.3, -0.25) is 14.6 Å². The molecule has 0 bridgehead atoms. The van der Waals surface area contributed by atoms with Gasteiger partial charge in [-0.2, -0.15) is 0 Å². The second-order valence-corrected chi connectivity index (χ2v) is 5.52. The highest BCUT2D eigenvalue weighted by Crippen LogP contribution is 2.40. The van der Waals surface area contributed by atoms with E-state index in [1.165, 1.54) is 12.3 Å². The third-order valence-corrected chi connectivity index (χ3v) is 4.27. The second-order valence-electron chi connectivity index (χ2n) is 5.52. The van der Waals surface area contributed by atoms with E-state index in [4.69, 9.17) is 5.73 Å². The van der Waals surface area contributed by atoms with E-state index in [1.807, 2.05) is 0 Å². The van der Waals surface area contributed by atoms with Gasteiger partial charge in [0.15, 0.2) is 0 Å². The molecule has 0 amide bonds. The Kier molecular flexibility index (Phi) is 2.64. The van der Waals surface area contributed by atoms with E-state index in [0.717, 1.165) is 0 Å². The molecule has 3 aromatic rings. The van der Waals surface area contributed by atoms with E-state index in [9.17, 15) is 14.7 Å². The van der Waals surface area contributed by atoms with Gasteiger partial charge in [0.25, 0.3) is 0 Å². The Morgan fingerprint density at radius 2 is 1.57 bits per heavy atom. The number of pyridine rings is 1. The molecule has 4 rings (SSSR count). The zero-order chi connectivity index (χ0) is 16.2. The van der Waals surface area contributed by atoms with Gasteiger partial charge in [0.2, 0.25) is 17.2 Å². The minimum atomic E-state index is -2.26. The first-order chi connectivity index (χ1) is 11.0. The zero-order valence-corrected chi connectivity index (χ0v) is 12.0. The summed E-state index contributed by atoms with van der Waals surface area (Å²) in [6, 6.07) is 12.9. The Hall–Kier alpha value is -3.05. The number of Topliss-reactive ketones (excluding diaryl/α,β-unsaturated/α-hetero) is 2. The van der Waals surface area contributed by atoms with Crippen LogP contribution in [0.3, 0.4) is 0 Å². The number of aromatic nitrogens is 1. The second kappa shape index (κ2) is 4.47. The number of ketones is 2. The molecule has 112 valence electrons. The zero-order valence-electron chi connectivity index (χ0n) is 12.0. The molecule has 1 aliphatic rings. The van der Waals surface area contributed by atoms with Crippen LogP contribution in [0.15, 0.2) is 54.7 Å². The number of anilines is 1. The molecule has 0 radical (unpaired) electrons. The predicted molar refractivity (Wildman–Crippen MR) is 85.2 cm³/mol. The Balaban J connectivity index is 2.04. The van der Waals surface area contributed by atoms with E-state index in [0.29, 0.717) is 16.6 Å². The standard InChI is InChI=1S/C18H12N2O3/c19-14-8-7-13(15-12(14)6-3-9-20-15)18(23)16(21)10-4-1-2-5-11(10)17(18)22/h1-9,23H,19H2. The van der Waals surface area contributed by atoms with Crippen LogP contribution in [0.2, 0.25) is 0 Å². The average molecular weight is 304 g/mol. The van der Waals surface area contributed by atoms with E-state index >= 15 is 0 Å². The van der Waals surface area contributed by atoms with Crippen LogP contribution in [0.25, 0.3) is 10.9 Å². The van der Waals surface area contributed by atoms with Crippen molar-refractivity contribution >= 4 is 28.2 Å². The van der Waals surface area contributed by atoms with Crippen molar-refractivity contribution in [3.8, 4) is 0 Å². The number of carbonyl (C=O) groups excluding carboxylic acids is 2. The Morgan fingerprint density at radius 1 is 0.913 bits per heavy atom. The van der Waals surface area contributed by atoms with Crippen LogP contribution in [-0.2, 0) is 5.60 Å². The minimum absolute atomic E-state index is 0.161. The molecule has 0 fully saturated rings. The van der Waals surface area contributed by atoms with Gasteiger partial charge in [0.1, 0.15) is 0 Å². The van der Waals surface area contributed by atoms with E-state index < -0.39 is 17.2 Å². The van der Waals surface area contributed by atoms with Crippen LogP contribution in [0.1, 0.15) is 26.3 Å². The fourth-order valence-electron chi connectivity index (χ4n) is 3.10. The number of nitrogens with two attached hydrogens (primary N) is 1. The number of carbonyl (C=O) groups is 2. The maximum atomic E-state index is 12.7. The quantitative estimate of drug-likeness (QED) is 0.530. The van der Waals surface area contributed by atoms with Gasteiger partial charge in [-0.25, -0.2) is 0 Å². The highest BCUT2D eigenvalue weighted by Gasteiger charge is 2.54. The van der Waals surface area contributed by atoms with Crippen molar-refractivity contribution in [2.75, 3.05) is 5.73 Å². The maximum Gasteiger partial charge on any atom is 0.218 e. The molecule has 0 spiro atoms. The van der Waals surface area contributed by atoms with Crippen molar-refractivity contribution < 1.29 is 14.7 Å². The molecule has 1 heterocycles. The highest BCUT2D eigenvalue weighted by molar-refractivity contribution is 6.32. The number of hydrogen-bond acceptors (Lipinski definition) is 5. The van der Waals surface area contributed by atoms with Crippen LogP contribution in [0, 0.1) is 0 Å². The number of hydrogen-bond donors (Lipinski definition) is 2. The van der Waals surface area contributed by atoms with Crippen molar-refractivity contribution in [3.05, 3.63) is 71.4 Å². The number of aliphatic hydroxyl groups is 1. The van der Waals surface area contributed by atoms with Crippen molar-refractivity contribution in [2.24, 2.45) is 0 Å². The van der Waals surface area contributed by atoms with Crippen molar-refractivity contribution in [3.63, 3.8) is 0 Å². The maximum absolute atomic E-state index is 12.7. The number of nitrogens with zero attached hydrogens (tertiary/aromatic N) is 1. The van der Waals surface area contributed by atoms with Gasteiger partial charge < -0.3 is 10.8 Å². The van der Waals surface area contributed by atoms with Gasteiger partial charge in [-0.05, 0) is 18.2 Å². The lowest BCUT2D eigenvalue weighted by Gasteiger charge is -2.21. The van der Waals surface area contributed by atoms with Gasteiger partial charge in [-0.15, -0.1) is 0 Å². The van der Waals surface area contributed by atoms with Gasteiger partial charge in [0.05, 0.1) is 5.52 Å².